The van der Waals surface area contributed by atoms with E-state index in [0.29, 0.717) is 5.25 Å². The van der Waals surface area contributed by atoms with E-state index in [1.807, 2.05) is 11.8 Å². The Bertz CT molecular complexity index is 518. The van der Waals surface area contributed by atoms with Crippen LogP contribution >= 0.6 is 23.1 Å². The van der Waals surface area contributed by atoms with Gasteiger partial charge in [0, 0.05) is 16.3 Å². The molecule has 3 rings (SSSR count). The van der Waals surface area contributed by atoms with Gasteiger partial charge in [-0.3, -0.25) is 0 Å². The van der Waals surface area contributed by atoms with Gasteiger partial charge >= 0.3 is 0 Å². The van der Waals surface area contributed by atoms with Gasteiger partial charge in [-0.1, -0.05) is 36.0 Å². The third-order valence-electron chi connectivity index (χ3n) is 3.16. The van der Waals surface area contributed by atoms with E-state index in [0.717, 1.165) is 5.69 Å². The van der Waals surface area contributed by atoms with Gasteiger partial charge < -0.3 is 0 Å². The maximum atomic E-state index is 4.56. The highest BCUT2D eigenvalue weighted by Gasteiger charge is 2.21. The molecule has 2 aromatic rings. The lowest BCUT2D eigenvalue weighted by molar-refractivity contribution is 0.673. The summed E-state index contributed by atoms with van der Waals surface area (Å²) < 4.78 is 1.21. The van der Waals surface area contributed by atoms with E-state index in [9.17, 15) is 0 Å². The fraction of sp³-hybridized carbons (Fsp3) is 0.357. The van der Waals surface area contributed by atoms with E-state index in [1.54, 1.807) is 11.3 Å². The number of aryl methyl sites for hydroxylation is 2. The van der Waals surface area contributed by atoms with Crippen molar-refractivity contribution in [2.75, 3.05) is 0 Å². The van der Waals surface area contributed by atoms with Crippen LogP contribution in [0.25, 0.3) is 0 Å². The highest BCUT2D eigenvalue weighted by Crippen LogP contribution is 2.43. The summed E-state index contributed by atoms with van der Waals surface area (Å²) in [5, 5.41) is 2.74. The third-order valence-corrected chi connectivity index (χ3v) is 5.55. The minimum absolute atomic E-state index is 0.602. The molecule has 0 spiro atoms. The van der Waals surface area contributed by atoms with Crippen LogP contribution in [0, 0.1) is 6.92 Å². The molecule has 1 aromatic carbocycles. The number of benzene rings is 1. The normalized spacial score (nSPS) is 19.0. The molecule has 0 bridgehead atoms. The van der Waals surface area contributed by atoms with E-state index in [1.165, 1.54) is 34.7 Å². The lowest BCUT2D eigenvalue weighted by atomic mass is 9.91. The zero-order valence-corrected chi connectivity index (χ0v) is 11.5. The summed E-state index contributed by atoms with van der Waals surface area (Å²) in [5.74, 6) is 0. The molecule has 0 fully saturated rings. The molecular weight excluding hydrogens is 246 g/mol. The first-order valence-electron chi connectivity index (χ1n) is 5.99. The summed E-state index contributed by atoms with van der Waals surface area (Å²) in [5.41, 5.74) is 4.20. The van der Waals surface area contributed by atoms with Crippen LogP contribution in [0.1, 0.15) is 34.9 Å². The van der Waals surface area contributed by atoms with Crippen LogP contribution in [0.2, 0.25) is 0 Å². The van der Waals surface area contributed by atoms with Crippen molar-refractivity contribution >= 4 is 23.1 Å². The Hall–Kier alpha value is -0.800. The predicted molar refractivity (Wildman–Crippen MR) is 74.8 cm³/mol. The lowest BCUT2D eigenvalue weighted by Gasteiger charge is -2.24. The van der Waals surface area contributed by atoms with Gasteiger partial charge in [0.05, 0.1) is 0 Å². The fourth-order valence-electron chi connectivity index (χ4n) is 2.34. The summed E-state index contributed by atoms with van der Waals surface area (Å²) in [6, 6.07) is 8.87. The molecule has 1 aromatic heterocycles. The van der Waals surface area contributed by atoms with Crippen LogP contribution in [0.5, 0.6) is 0 Å². The Morgan fingerprint density at radius 1 is 1.35 bits per heavy atom. The first-order valence-corrected chi connectivity index (χ1v) is 7.75. The second-order valence-electron chi connectivity index (χ2n) is 4.45. The van der Waals surface area contributed by atoms with Gasteiger partial charge in [0.2, 0.25) is 0 Å². The van der Waals surface area contributed by atoms with Gasteiger partial charge in [-0.05, 0) is 37.3 Å². The second-order valence-corrected chi connectivity index (χ2v) is 6.76. The first-order chi connectivity index (χ1) is 8.33. The van der Waals surface area contributed by atoms with Gasteiger partial charge in [-0.15, -0.1) is 11.3 Å². The van der Waals surface area contributed by atoms with Gasteiger partial charge in [-0.25, -0.2) is 4.98 Å². The molecule has 1 heterocycles. The van der Waals surface area contributed by atoms with Crippen molar-refractivity contribution in [3.05, 3.63) is 46.5 Å². The standard InChI is InChI=1S/C14H15NS2/c1-10-9-16-14(15-10)17-13-8-4-6-11-5-2-3-7-12(11)13/h2-3,5,7,9,13H,4,6,8H2,1H3. The Morgan fingerprint density at radius 2 is 2.24 bits per heavy atom. The number of hydrogen-bond acceptors (Lipinski definition) is 3. The van der Waals surface area contributed by atoms with Crippen molar-refractivity contribution in [2.45, 2.75) is 35.8 Å². The van der Waals surface area contributed by atoms with Crippen LogP contribution < -0.4 is 0 Å². The quantitative estimate of drug-likeness (QED) is 0.782. The summed E-state index contributed by atoms with van der Waals surface area (Å²) >= 11 is 3.71. The Balaban J connectivity index is 1.85. The van der Waals surface area contributed by atoms with Crippen LogP contribution in [0.4, 0.5) is 0 Å². The maximum Gasteiger partial charge on any atom is 0.150 e. The van der Waals surface area contributed by atoms with E-state index < -0.39 is 0 Å². The van der Waals surface area contributed by atoms with Crippen molar-refractivity contribution in [1.29, 1.82) is 0 Å². The van der Waals surface area contributed by atoms with Crippen molar-refractivity contribution in [2.24, 2.45) is 0 Å². The summed E-state index contributed by atoms with van der Waals surface area (Å²) in [6.45, 7) is 2.06. The van der Waals surface area contributed by atoms with E-state index >= 15 is 0 Å². The lowest BCUT2D eigenvalue weighted by Crippen LogP contribution is -2.06. The summed E-state index contributed by atoms with van der Waals surface area (Å²) in [6.07, 6.45) is 3.82. The molecule has 1 aliphatic rings. The largest absolute Gasteiger partial charge is 0.235 e. The molecule has 0 saturated heterocycles. The smallest absolute Gasteiger partial charge is 0.150 e. The molecule has 1 aliphatic carbocycles. The molecule has 17 heavy (non-hydrogen) atoms. The average molecular weight is 261 g/mol. The van der Waals surface area contributed by atoms with Crippen LogP contribution in [-0.2, 0) is 6.42 Å². The molecule has 1 atom stereocenters. The highest BCUT2D eigenvalue weighted by atomic mass is 32.2. The van der Waals surface area contributed by atoms with E-state index in [-0.39, 0.29) is 0 Å². The number of fused-ring (bicyclic) bond motifs is 1. The SMILES string of the molecule is Cc1csc(SC2CCCc3ccccc32)n1. The first kappa shape index (κ1) is 11.3. The third kappa shape index (κ3) is 2.40. The van der Waals surface area contributed by atoms with Crippen molar-refractivity contribution in [3.63, 3.8) is 0 Å². The highest BCUT2D eigenvalue weighted by molar-refractivity contribution is 8.01. The minimum Gasteiger partial charge on any atom is -0.235 e. The van der Waals surface area contributed by atoms with Crippen LogP contribution in [0.3, 0.4) is 0 Å². The number of rotatable bonds is 2. The molecule has 0 aliphatic heterocycles. The molecule has 0 N–H and O–H groups in total. The van der Waals surface area contributed by atoms with Gasteiger partial charge in [0.25, 0.3) is 0 Å². The Kier molecular flexibility index (Phi) is 3.21. The fourth-order valence-corrected chi connectivity index (χ4v) is 4.66. The number of hydrogen-bond donors (Lipinski definition) is 0. The molecule has 0 radical (unpaired) electrons. The predicted octanol–water partition coefficient (Wildman–Crippen LogP) is 4.62. The second kappa shape index (κ2) is 4.83. The zero-order chi connectivity index (χ0) is 11.7. The van der Waals surface area contributed by atoms with E-state index in [2.05, 4.69) is 41.6 Å². The molecule has 1 unspecified atom stereocenters. The van der Waals surface area contributed by atoms with Gasteiger partial charge in [0.15, 0.2) is 4.34 Å². The monoisotopic (exact) mass is 261 g/mol. The minimum atomic E-state index is 0.602. The molecule has 0 saturated carbocycles. The average Bonchev–Trinajstić information content (AvgIpc) is 2.75. The Labute approximate surface area is 110 Å². The van der Waals surface area contributed by atoms with Gasteiger partial charge in [0.1, 0.15) is 0 Å². The van der Waals surface area contributed by atoms with Crippen LogP contribution in [0.15, 0.2) is 34.0 Å². The number of nitrogens with zero attached hydrogens (tertiary/aromatic N) is 1. The van der Waals surface area contributed by atoms with Crippen molar-refractivity contribution in [3.8, 4) is 0 Å². The number of thioether (sulfide) groups is 1. The molecular formula is C14H15NS2. The van der Waals surface area contributed by atoms with Crippen molar-refractivity contribution in [1.82, 2.24) is 4.98 Å². The molecule has 0 amide bonds. The van der Waals surface area contributed by atoms with Gasteiger partial charge in [-0.2, -0.15) is 0 Å². The van der Waals surface area contributed by atoms with Crippen LogP contribution in [-0.4, -0.2) is 4.98 Å². The molecule has 88 valence electrons. The summed E-state index contributed by atoms with van der Waals surface area (Å²) in [4.78, 5) is 4.56. The molecule has 3 heteroatoms. The Morgan fingerprint density at radius 3 is 3.06 bits per heavy atom. The number of aromatic nitrogens is 1. The van der Waals surface area contributed by atoms with Crippen molar-refractivity contribution < 1.29 is 0 Å². The topological polar surface area (TPSA) is 12.9 Å². The van der Waals surface area contributed by atoms with E-state index in [4.69, 9.17) is 0 Å². The summed E-state index contributed by atoms with van der Waals surface area (Å²) in [7, 11) is 0. The number of thiazole rings is 1. The maximum absolute atomic E-state index is 4.56. The zero-order valence-electron chi connectivity index (χ0n) is 9.85. The molecule has 1 nitrogen and oxygen atoms in total.